The first-order chi connectivity index (χ1) is 8.27. The molecule has 3 heteroatoms. The third-order valence-corrected chi connectivity index (χ3v) is 1.88. The second-order valence-electron chi connectivity index (χ2n) is 2.95. The summed E-state index contributed by atoms with van der Waals surface area (Å²) in [6, 6.07) is 10.0. The first-order valence-electron chi connectivity index (χ1n) is 6.23. The maximum Gasteiger partial charge on any atom is 0.148 e. The lowest BCUT2D eigenvalue weighted by Crippen LogP contribution is -1.98. The fraction of sp³-hybridized carbons (Fsp3) is 0.429. The smallest absolute Gasteiger partial charge is 0.148 e. The fourth-order valence-electron chi connectivity index (χ4n) is 1.33. The molecule has 94 valence electrons. The minimum Gasteiger partial charge on any atom is -0.218 e. The van der Waals surface area contributed by atoms with Crippen LogP contribution in [0.1, 0.15) is 39.3 Å². The summed E-state index contributed by atoms with van der Waals surface area (Å²) in [5, 5.41) is 4.29. The first-order valence-corrected chi connectivity index (χ1v) is 6.23. The van der Waals surface area contributed by atoms with Crippen molar-refractivity contribution in [2.75, 3.05) is 0 Å². The van der Waals surface area contributed by atoms with Crippen LogP contribution in [0.5, 0.6) is 0 Å². The van der Waals surface area contributed by atoms with Crippen LogP contribution in [0.4, 0.5) is 0 Å². The molecule has 0 saturated heterocycles. The molecule has 0 saturated carbocycles. The highest BCUT2D eigenvalue weighted by Gasteiger charge is 2.02. The van der Waals surface area contributed by atoms with E-state index in [-0.39, 0.29) is 0 Å². The molecular weight excluding hydrogens is 210 g/mol. The molecule has 0 fully saturated rings. The van der Waals surface area contributed by atoms with Gasteiger partial charge in [-0.05, 0) is 26.0 Å². The molecule has 0 spiro atoms. The van der Waals surface area contributed by atoms with E-state index in [1.165, 1.54) is 0 Å². The predicted molar refractivity (Wildman–Crippen MR) is 73.5 cm³/mol. The van der Waals surface area contributed by atoms with Crippen LogP contribution in [-0.4, -0.2) is 14.8 Å². The lowest BCUT2D eigenvalue weighted by Gasteiger charge is -2.00. The molecule has 0 aliphatic heterocycles. The van der Waals surface area contributed by atoms with E-state index in [9.17, 15) is 0 Å². The predicted octanol–water partition coefficient (Wildman–Crippen LogP) is 3.94. The normalized spacial score (nSPS) is 8.59. The van der Waals surface area contributed by atoms with E-state index in [4.69, 9.17) is 0 Å². The van der Waals surface area contributed by atoms with Crippen molar-refractivity contribution in [3.8, 4) is 5.69 Å². The lowest BCUT2D eigenvalue weighted by molar-refractivity contribution is 0.831. The van der Waals surface area contributed by atoms with E-state index in [0.29, 0.717) is 0 Å². The molecule has 0 N–H and O–H groups in total. The Morgan fingerprint density at radius 2 is 1.41 bits per heavy atom. The Labute approximate surface area is 105 Å². The molecule has 2 rings (SSSR count). The summed E-state index contributed by atoms with van der Waals surface area (Å²) < 4.78 is 1.84. The number of benzene rings is 1. The molecule has 3 nitrogen and oxygen atoms in total. The lowest BCUT2D eigenvalue weighted by atomic mass is 10.3. The molecule has 0 unspecified atom stereocenters. The first kappa shape index (κ1) is 15.4. The molecule has 2 aromatic rings. The number of rotatable bonds is 1. The Morgan fingerprint density at radius 3 is 1.82 bits per heavy atom. The van der Waals surface area contributed by atoms with Crippen LogP contribution in [0.3, 0.4) is 0 Å². The van der Waals surface area contributed by atoms with E-state index in [1.54, 1.807) is 0 Å². The SMILES string of the molecule is CC.CC.Cc1nc(C)n(-c2ccccc2)n1. The van der Waals surface area contributed by atoms with Crippen molar-refractivity contribution in [3.05, 3.63) is 42.0 Å². The molecule has 0 radical (unpaired) electrons. The summed E-state index contributed by atoms with van der Waals surface area (Å²) in [4.78, 5) is 4.24. The largest absolute Gasteiger partial charge is 0.218 e. The number of hydrogen-bond donors (Lipinski definition) is 0. The molecule has 0 aliphatic carbocycles. The molecular formula is C14H23N3. The van der Waals surface area contributed by atoms with Gasteiger partial charge in [0.05, 0.1) is 5.69 Å². The topological polar surface area (TPSA) is 30.7 Å². The Morgan fingerprint density at radius 1 is 0.882 bits per heavy atom. The maximum absolute atomic E-state index is 4.29. The van der Waals surface area contributed by atoms with Gasteiger partial charge in [0.15, 0.2) is 0 Å². The molecule has 0 bridgehead atoms. The van der Waals surface area contributed by atoms with Crippen LogP contribution < -0.4 is 0 Å². The van der Waals surface area contributed by atoms with Crippen LogP contribution in [0, 0.1) is 13.8 Å². The summed E-state index contributed by atoms with van der Waals surface area (Å²) in [7, 11) is 0. The summed E-state index contributed by atoms with van der Waals surface area (Å²) >= 11 is 0. The maximum atomic E-state index is 4.29. The van der Waals surface area contributed by atoms with Crippen molar-refractivity contribution in [1.29, 1.82) is 0 Å². The van der Waals surface area contributed by atoms with Gasteiger partial charge in [-0.15, -0.1) is 0 Å². The van der Waals surface area contributed by atoms with E-state index >= 15 is 0 Å². The third-order valence-electron chi connectivity index (χ3n) is 1.88. The minimum atomic E-state index is 0.807. The highest BCUT2D eigenvalue weighted by molar-refractivity contribution is 5.30. The van der Waals surface area contributed by atoms with Crippen LogP contribution in [0.15, 0.2) is 30.3 Å². The number of hydrogen-bond acceptors (Lipinski definition) is 2. The average Bonchev–Trinajstić information content (AvgIpc) is 2.74. The van der Waals surface area contributed by atoms with Crippen molar-refractivity contribution in [2.24, 2.45) is 0 Å². The fourth-order valence-corrected chi connectivity index (χ4v) is 1.33. The van der Waals surface area contributed by atoms with Crippen molar-refractivity contribution >= 4 is 0 Å². The molecule has 1 aromatic heterocycles. The number of aromatic nitrogens is 3. The highest BCUT2D eigenvalue weighted by Crippen LogP contribution is 2.07. The summed E-state index contributed by atoms with van der Waals surface area (Å²) in [5.74, 6) is 1.73. The van der Waals surface area contributed by atoms with Crippen molar-refractivity contribution in [3.63, 3.8) is 0 Å². The van der Waals surface area contributed by atoms with Crippen molar-refractivity contribution in [2.45, 2.75) is 41.5 Å². The van der Waals surface area contributed by atoms with E-state index < -0.39 is 0 Å². The number of nitrogens with zero attached hydrogens (tertiary/aromatic N) is 3. The van der Waals surface area contributed by atoms with Gasteiger partial charge in [-0.1, -0.05) is 45.9 Å². The van der Waals surface area contributed by atoms with Gasteiger partial charge < -0.3 is 0 Å². The molecule has 17 heavy (non-hydrogen) atoms. The number of aryl methyl sites for hydroxylation is 2. The zero-order valence-corrected chi connectivity index (χ0v) is 11.7. The molecule has 1 aromatic carbocycles. The van der Waals surface area contributed by atoms with E-state index in [1.807, 2.05) is 76.6 Å². The average molecular weight is 233 g/mol. The standard InChI is InChI=1S/C10H11N3.2C2H6/c1-8-11-9(2)13(12-8)10-6-4-3-5-7-10;2*1-2/h3-7H,1-2H3;2*1-2H3. The molecule has 0 atom stereocenters. The number of para-hydroxylation sites is 1. The second kappa shape index (κ2) is 8.50. The van der Waals surface area contributed by atoms with Gasteiger partial charge in [0.1, 0.15) is 11.6 Å². The van der Waals surface area contributed by atoms with Crippen LogP contribution in [-0.2, 0) is 0 Å². The van der Waals surface area contributed by atoms with Gasteiger partial charge >= 0.3 is 0 Å². The van der Waals surface area contributed by atoms with Gasteiger partial charge in [-0.3, -0.25) is 0 Å². The Bertz CT molecular complexity index is 405. The zero-order valence-electron chi connectivity index (χ0n) is 11.7. The van der Waals surface area contributed by atoms with Gasteiger partial charge in [-0.2, -0.15) is 5.10 Å². The summed E-state index contributed by atoms with van der Waals surface area (Å²) in [5.41, 5.74) is 1.06. The van der Waals surface area contributed by atoms with Gasteiger partial charge in [0.25, 0.3) is 0 Å². The van der Waals surface area contributed by atoms with E-state index in [2.05, 4.69) is 10.1 Å². The Balaban J connectivity index is 0.000000581. The summed E-state index contributed by atoms with van der Waals surface area (Å²) in [6.07, 6.45) is 0. The van der Waals surface area contributed by atoms with Gasteiger partial charge in [0, 0.05) is 0 Å². The third kappa shape index (κ3) is 4.39. The minimum absolute atomic E-state index is 0.807. The van der Waals surface area contributed by atoms with E-state index in [0.717, 1.165) is 17.3 Å². The second-order valence-corrected chi connectivity index (χ2v) is 2.95. The van der Waals surface area contributed by atoms with Crippen LogP contribution in [0.2, 0.25) is 0 Å². The highest BCUT2D eigenvalue weighted by atomic mass is 15.3. The molecule has 0 aliphatic rings. The quantitative estimate of drug-likeness (QED) is 0.747. The van der Waals surface area contributed by atoms with Crippen molar-refractivity contribution < 1.29 is 0 Å². The summed E-state index contributed by atoms with van der Waals surface area (Å²) in [6.45, 7) is 11.8. The molecule has 1 heterocycles. The monoisotopic (exact) mass is 233 g/mol. The molecule has 0 amide bonds. The Kier molecular flexibility index (Phi) is 7.68. The van der Waals surface area contributed by atoms with Crippen molar-refractivity contribution in [1.82, 2.24) is 14.8 Å². The van der Waals surface area contributed by atoms with Gasteiger partial charge in [0.2, 0.25) is 0 Å². The van der Waals surface area contributed by atoms with Crippen LogP contribution >= 0.6 is 0 Å². The van der Waals surface area contributed by atoms with Crippen LogP contribution in [0.25, 0.3) is 5.69 Å². The Hall–Kier alpha value is -1.64. The van der Waals surface area contributed by atoms with Gasteiger partial charge in [-0.25, -0.2) is 9.67 Å². The zero-order chi connectivity index (χ0) is 13.3.